The van der Waals surface area contributed by atoms with Crippen LogP contribution in [0.15, 0.2) is 18.3 Å². The Kier molecular flexibility index (Phi) is 3.74. The summed E-state index contributed by atoms with van der Waals surface area (Å²) in [5.74, 6) is 0.398. The molecule has 0 saturated heterocycles. The largest absolute Gasteiger partial charge is 0.417 e. The molecule has 1 rings (SSSR count). The predicted molar refractivity (Wildman–Crippen MR) is 54.2 cm³/mol. The molecule has 1 atom stereocenters. The van der Waals surface area contributed by atoms with Crippen LogP contribution in [0.1, 0.15) is 12.5 Å². The minimum absolute atomic E-state index is 0.0841. The summed E-state index contributed by atoms with van der Waals surface area (Å²) in [6, 6.07) is 2.07. The van der Waals surface area contributed by atoms with Crippen molar-refractivity contribution in [3.05, 3.63) is 23.9 Å². The number of nitrogens with zero attached hydrogens (tertiary/aromatic N) is 2. The molecular weight excluding hydrogens is 221 g/mol. The molecule has 0 fully saturated rings. The van der Waals surface area contributed by atoms with E-state index in [0.717, 1.165) is 12.3 Å². The Morgan fingerprint density at radius 3 is 2.44 bits per heavy atom. The number of aliphatic hydroxyl groups excluding tert-OH is 1. The topological polar surface area (TPSA) is 36.4 Å². The van der Waals surface area contributed by atoms with Crippen LogP contribution < -0.4 is 4.90 Å². The lowest BCUT2D eigenvalue weighted by Crippen LogP contribution is -2.32. The summed E-state index contributed by atoms with van der Waals surface area (Å²) in [5, 5.41) is 8.90. The highest BCUT2D eigenvalue weighted by molar-refractivity contribution is 5.39. The van der Waals surface area contributed by atoms with Gasteiger partial charge in [-0.1, -0.05) is 0 Å². The van der Waals surface area contributed by atoms with E-state index in [-0.39, 0.29) is 12.6 Å². The van der Waals surface area contributed by atoms with E-state index in [0.29, 0.717) is 5.82 Å². The number of likely N-dealkylation sites (N-methyl/N-ethyl adjacent to an activating group) is 1. The second-order valence-corrected chi connectivity index (χ2v) is 3.55. The van der Waals surface area contributed by atoms with Gasteiger partial charge in [0.15, 0.2) is 0 Å². The molecule has 1 heterocycles. The number of aromatic nitrogens is 1. The van der Waals surface area contributed by atoms with Crippen LogP contribution in [-0.4, -0.2) is 29.8 Å². The molecule has 0 amide bonds. The first-order chi connectivity index (χ1) is 7.36. The van der Waals surface area contributed by atoms with Crippen molar-refractivity contribution in [3.63, 3.8) is 0 Å². The molecule has 1 aromatic heterocycles. The summed E-state index contributed by atoms with van der Waals surface area (Å²) in [4.78, 5) is 5.32. The maximum Gasteiger partial charge on any atom is 0.417 e. The average Bonchev–Trinajstić information content (AvgIpc) is 2.26. The molecule has 0 bridgehead atoms. The molecule has 1 aromatic rings. The first-order valence-electron chi connectivity index (χ1n) is 4.73. The van der Waals surface area contributed by atoms with Gasteiger partial charge in [-0.05, 0) is 19.1 Å². The molecule has 0 saturated carbocycles. The van der Waals surface area contributed by atoms with Gasteiger partial charge in [0.1, 0.15) is 5.82 Å². The van der Waals surface area contributed by atoms with Crippen LogP contribution >= 0.6 is 0 Å². The Labute approximate surface area is 91.5 Å². The van der Waals surface area contributed by atoms with Crippen molar-refractivity contribution in [2.45, 2.75) is 19.1 Å². The first-order valence-corrected chi connectivity index (χ1v) is 4.73. The minimum atomic E-state index is -4.37. The van der Waals surface area contributed by atoms with Crippen LogP contribution in [0.5, 0.6) is 0 Å². The second-order valence-electron chi connectivity index (χ2n) is 3.55. The Balaban J connectivity index is 2.87. The van der Waals surface area contributed by atoms with Gasteiger partial charge in [0.25, 0.3) is 0 Å². The van der Waals surface area contributed by atoms with Crippen LogP contribution in [0, 0.1) is 0 Å². The molecule has 0 aliphatic heterocycles. The second kappa shape index (κ2) is 4.69. The molecule has 16 heavy (non-hydrogen) atoms. The SMILES string of the molecule is CC(CO)N(C)c1ccc(C(F)(F)F)cn1. The first kappa shape index (κ1) is 12.8. The number of halogens is 3. The van der Waals surface area contributed by atoms with Crippen molar-refractivity contribution in [3.8, 4) is 0 Å². The third kappa shape index (κ3) is 2.85. The highest BCUT2D eigenvalue weighted by atomic mass is 19.4. The van der Waals surface area contributed by atoms with Gasteiger partial charge in [-0.15, -0.1) is 0 Å². The van der Waals surface area contributed by atoms with Gasteiger partial charge < -0.3 is 10.0 Å². The van der Waals surface area contributed by atoms with E-state index in [1.54, 1.807) is 18.9 Å². The number of rotatable bonds is 3. The van der Waals surface area contributed by atoms with E-state index in [1.807, 2.05) is 0 Å². The quantitative estimate of drug-likeness (QED) is 0.868. The molecule has 0 aromatic carbocycles. The molecular formula is C10H13F3N2O. The number of aliphatic hydroxyl groups is 1. The smallest absolute Gasteiger partial charge is 0.394 e. The van der Waals surface area contributed by atoms with Crippen molar-refractivity contribution in [2.75, 3.05) is 18.6 Å². The van der Waals surface area contributed by atoms with Crippen molar-refractivity contribution in [2.24, 2.45) is 0 Å². The zero-order valence-corrected chi connectivity index (χ0v) is 8.99. The highest BCUT2D eigenvalue weighted by Crippen LogP contribution is 2.29. The maximum atomic E-state index is 12.3. The molecule has 1 N–H and O–H groups in total. The summed E-state index contributed by atoms with van der Waals surface area (Å²) in [5.41, 5.74) is -0.777. The minimum Gasteiger partial charge on any atom is -0.394 e. The van der Waals surface area contributed by atoms with Gasteiger partial charge in [-0.25, -0.2) is 4.98 Å². The van der Waals surface area contributed by atoms with Gasteiger partial charge >= 0.3 is 6.18 Å². The molecule has 3 nitrogen and oxygen atoms in total. The maximum absolute atomic E-state index is 12.3. The van der Waals surface area contributed by atoms with Crippen LogP contribution in [0.3, 0.4) is 0 Å². The molecule has 1 unspecified atom stereocenters. The van der Waals surface area contributed by atoms with E-state index in [9.17, 15) is 13.2 Å². The van der Waals surface area contributed by atoms with Crippen molar-refractivity contribution < 1.29 is 18.3 Å². The van der Waals surface area contributed by atoms with E-state index in [2.05, 4.69) is 4.98 Å². The average molecular weight is 234 g/mol. The van der Waals surface area contributed by atoms with E-state index < -0.39 is 11.7 Å². The Morgan fingerprint density at radius 1 is 1.44 bits per heavy atom. The van der Waals surface area contributed by atoms with Gasteiger partial charge in [0, 0.05) is 13.2 Å². The van der Waals surface area contributed by atoms with Crippen LogP contribution in [0.25, 0.3) is 0 Å². The third-order valence-electron chi connectivity index (χ3n) is 2.36. The number of alkyl halides is 3. The summed E-state index contributed by atoms with van der Waals surface area (Å²) >= 11 is 0. The van der Waals surface area contributed by atoms with Crippen LogP contribution in [0.2, 0.25) is 0 Å². The highest BCUT2D eigenvalue weighted by Gasteiger charge is 2.30. The normalized spacial score (nSPS) is 13.6. The molecule has 0 aliphatic carbocycles. The zero-order valence-electron chi connectivity index (χ0n) is 8.99. The van der Waals surface area contributed by atoms with Gasteiger partial charge in [0.2, 0.25) is 0 Å². The van der Waals surface area contributed by atoms with Crippen LogP contribution in [0.4, 0.5) is 19.0 Å². The van der Waals surface area contributed by atoms with E-state index >= 15 is 0 Å². The number of anilines is 1. The van der Waals surface area contributed by atoms with Crippen LogP contribution in [-0.2, 0) is 6.18 Å². The monoisotopic (exact) mass is 234 g/mol. The standard InChI is InChI=1S/C10H13F3N2O/c1-7(6-16)15(2)9-4-3-8(5-14-9)10(11,12)13/h3-5,7,16H,6H2,1-2H3. The molecule has 0 aliphatic rings. The fourth-order valence-corrected chi connectivity index (χ4v) is 1.11. The number of pyridine rings is 1. The van der Waals surface area contributed by atoms with E-state index in [1.165, 1.54) is 6.07 Å². The van der Waals surface area contributed by atoms with Gasteiger partial charge in [0.05, 0.1) is 18.2 Å². The Bertz CT molecular complexity index is 337. The third-order valence-corrected chi connectivity index (χ3v) is 2.36. The lowest BCUT2D eigenvalue weighted by molar-refractivity contribution is -0.137. The Morgan fingerprint density at radius 2 is 2.06 bits per heavy atom. The van der Waals surface area contributed by atoms with Gasteiger partial charge in [-0.2, -0.15) is 13.2 Å². The van der Waals surface area contributed by atoms with Crippen molar-refractivity contribution in [1.82, 2.24) is 4.98 Å². The Hall–Kier alpha value is -1.30. The molecule has 0 radical (unpaired) electrons. The fourth-order valence-electron chi connectivity index (χ4n) is 1.11. The molecule has 90 valence electrons. The summed E-state index contributed by atoms with van der Waals surface area (Å²) < 4.78 is 36.8. The predicted octanol–water partition coefficient (Wildman–Crippen LogP) is 1.92. The van der Waals surface area contributed by atoms with E-state index in [4.69, 9.17) is 5.11 Å². The lowest BCUT2D eigenvalue weighted by Gasteiger charge is -2.24. The summed E-state index contributed by atoms with van der Waals surface area (Å²) in [6.07, 6.45) is -3.58. The van der Waals surface area contributed by atoms with Gasteiger partial charge in [-0.3, -0.25) is 0 Å². The molecule has 6 heteroatoms. The summed E-state index contributed by atoms with van der Waals surface area (Å²) in [6.45, 7) is 1.67. The zero-order chi connectivity index (χ0) is 12.3. The fraction of sp³-hybridized carbons (Fsp3) is 0.500. The molecule has 0 spiro atoms. The van der Waals surface area contributed by atoms with Crippen molar-refractivity contribution >= 4 is 5.82 Å². The van der Waals surface area contributed by atoms with Crippen molar-refractivity contribution in [1.29, 1.82) is 0 Å². The number of hydrogen-bond donors (Lipinski definition) is 1. The number of hydrogen-bond acceptors (Lipinski definition) is 3. The lowest BCUT2D eigenvalue weighted by atomic mass is 10.2. The summed E-state index contributed by atoms with van der Waals surface area (Å²) in [7, 11) is 1.66.